The Bertz CT molecular complexity index is 460. The molecule has 1 aromatic rings. The van der Waals surface area contributed by atoms with Crippen LogP contribution in [0.25, 0.3) is 0 Å². The highest BCUT2D eigenvalue weighted by Gasteiger charge is 2.18. The van der Waals surface area contributed by atoms with Crippen LogP contribution < -0.4 is 0 Å². The van der Waals surface area contributed by atoms with Gasteiger partial charge in [0.05, 0.1) is 0 Å². The summed E-state index contributed by atoms with van der Waals surface area (Å²) < 4.78 is 0. The lowest BCUT2D eigenvalue weighted by Gasteiger charge is -2.15. The van der Waals surface area contributed by atoms with E-state index in [1.807, 2.05) is 30.3 Å². The van der Waals surface area contributed by atoms with Gasteiger partial charge in [-0.05, 0) is 25.7 Å². The van der Waals surface area contributed by atoms with Gasteiger partial charge >= 0.3 is 0 Å². The molecule has 1 aliphatic carbocycles. The molecule has 0 amide bonds. The van der Waals surface area contributed by atoms with Crippen LogP contribution in [0.2, 0.25) is 0 Å². The number of allylic oxidation sites excluding steroid dienone is 2. The quantitative estimate of drug-likeness (QED) is 0.540. The fraction of sp³-hybridized carbons (Fsp3) is 0.267. The fourth-order valence-electron chi connectivity index (χ4n) is 2.08. The molecule has 16 heavy (non-hydrogen) atoms. The molecule has 0 aliphatic heterocycles. The van der Waals surface area contributed by atoms with Crippen molar-refractivity contribution in [3.8, 4) is 12.3 Å². The van der Waals surface area contributed by atoms with Crippen molar-refractivity contribution < 1.29 is 4.79 Å². The Hall–Kier alpha value is -1.81. The minimum absolute atomic E-state index is 0.105. The molecular formula is C15H14O. The first kappa shape index (κ1) is 10.7. The summed E-state index contributed by atoms with van der Waals surface area (Å²) in [4.78, 5) is 12.2. The Morgan fingerprint density at radius 2 is 1.81 bits per heavy atom. The highest BCUT2D eigenvalue weighted by molar-refractivity contribution is 6.09. The van der Waals surface area contributed by atoms with E-state index in [0.717, 1.165) is 42.4 Å². The van der Waals surface area contributed by atoms with E-state index in [-0.39, 0.29) is 5.78 Å². The van der Waals surface area contributed by atoms with Gasteiger partial charge in [-0.3, -0.25) is 4.79 Å². The standard InChI is InChI=1S/C15H14O/c1-2-12-8-6-7-11-14(12)15(16)13-9-4-3-5-10-13/h1,3-5,9-10H,6-8,11H2. The van der Waals surface area contributed by atoms with E-state index in [1.165, 1.54) is 0 Å². The van der Waals surface area contributed by atoms with Crippen LogP contribution >= 0.6 is 0 Å². The molecule has 0 aromatic heterocycles. The smallest absolute Gasteiger partial charge is 0.189 e. The van der Waals surface area contributed by atoms with E-state index in [2.05, 4.69) is 5.92 Å². The second kappa shape index (κ2) is 4.81. The van der Waals surface area contributed by atoms with Crippen LogP contribution in [0.1, 0.15) is 36.0 Å². The molecule has 1 heteroatoms. The molecule has 0 saturated heterocycles. The average molecular weight is 210 g/mol. The van der Waals surface area contributed by atoms with Crippen molar-refractivity contribution in [3.05, 3.63) is 47.0 Å². The predicted molar refractivity (Wildman–Crippen MR) is 65.1 cm³/mol. The number of hydrogen-bond acceptors (Lipinski definition) is 1. The van der Waals surface area contributed by atoms with Crippen molar-refractivity contribution in [1.82, 2.24) is 0 Å². The van der Waals surface area contributed by atoms with Crippen LogP contribution in [0.5, 0.6) is 0 Å². The summed E-state index contributed by atoms with van der Waals surface area (Å²) in [7, 11) is 0. The van der Waals surface area contributed by atoms with Crippen molar-refractivity contribution >= 4 is 5.78 Å². The van der Waals surface area contributed by atoms with Crippen molar-refractivity contribution in [2.24, 2.45) is 0 Å². The van der Waals surface area contributed by atoms with E-state index in [4.69, 9.17) is 6.42 Å². The van der Waals surface area contributed by atoms with Gasteiger partial charge < -0.3 is 0 Å². The van der Waals surface area contributed by atoms with Crippen LogP contribution in [0.3, 0.4) is 0 Å². The van der Waals surface area contributed by atoms with Gasteiger partial charge in [-0.25, -0.2) is 0 Å². The minimum Gasteiger partial charge on any atom is -0.289 e. The number of terminal acetylenes is 1. The Kier molecular flexibility index (Phi) is 3.22. The summed E-state index contributed by atoms with van der Waals surface area (Å²) >= 11 is 0. The topological polar surface area (TPSA) is 17.1 Å². The monoisotopic (exact) mass is 210 g/mol. The molecule has 0 unspecified atom stereocenters. The third-order valence-corrected chi connectivity index (χ3v) is 2.95. The predicted octanol–water partition coefficient (Wildman–Crippen LogP) is 3.37. The zero-order chi connectivity index (χ0) is 11.4. The third kappa shape index (κ3) is 2.06. The third-order valence-electron chi connectivity index (χ3n) is 2.95. The van der Waals surface area contributed by atoms with Gasteiger partial charge in [-0.2, -0.15) is 0 Å². The first-order valence-electron chi connectivity index (χ1n) is 5.61. The second-order valence-corrected chi connectivity index (χ2v) is 4.00. The van der Waals surface area contributed by atoms with E-state index in [0.29, 0.717) is 0 Å². The summed E-state index contributed by atoms with van der Waals surface area (Å²) in [6.45, 7) is 0. The van der Waals surface area contributed by atoms with Gasteiger partial charge in [-0.15, -0.1) is 6.42 Å². The van der Waals surface area contributed by atoms with E-state index in [9.17, 15) is 4.79 Å². The minimum atomic E-state index is 0.105. The first-order valence-corrected chi connectivity index (χ1v) is 5.61. The maximum Gasteiger partial charge on any atom is 0.189 e. The van der Waals surface area contributed by atoms with Gasteiger partial charge in [0, 0.05) is 16.7 Å². The highest BCUT2D eigenvalue weighted by atomic mass is 16.1. The number of ketones is 1. The summed E-state index contributed by atoms with van der Waals surface area (Å²) in [6, 6.07) is 9.36. The molecule has 0 fully saturated rings. The number of carbonyl (C=O) groups is 1. The van der Waals surface area contributed by atoms with Gasteiger partial charge in [0.1, 0.15) is 0 Å². The molecular weight excluding hydrogens is 196 g/mol. The van der Waals surface area contributed by atoms with Crippen molar-refractivity contribution in [2.75, 3.05) is 0 Å². The normalized spacial score (nSPS) is 15.7. The van der Waals surface area contributed by atoms with Crippen LogP contribution in [-0.2, 0) is 0 Å². The molecule has 1 aromatic carbocycles. The SMILES string of the molecule is C#CC1=C(C(=O)c2ccccc2)CCCC1. The highest BCUT2D eigenvalue weighted by Crippen LogP contribution is 2.26. The maximum absolute atomic E-state index is 12.2. The number of hydrogen-bond donors (Lipinski definition) is 0. The Balaban J connectivity index is 2.35. The van der Waals surface area contributed by atoms with Crippen LogP contribution in [0, 0.1) is 12.3 Å². The molecule has 0 heterocycles. The van der Waals surface area contributed by atoms with E-state index in [1.54, 1.807) is 0 Å². The maximum atomic E-state index is 12.2. The molecule has 0 atom stereocenters. The molecule has 0 radical (unpaired) electrons. The largest absolute Gasteiger partial charge is 0.289 e. The summed E-state index contributed by atoms with van der Waals surface area (Å²) in [5, 5.41) is 0. The molecule has 0 saturated carbocycles. The lowest BCUT2D eigenvalue weighted by molar-refractivity contribution is 0.102. The van der Waals surface area contributed by atoms with Crippen LogP contribution in [0.4, 0.5) is 0 Å². The Morgan fingerprint density at radius 3 is 2.50 bits per heavy atom. The number of benzene rings is 1. The molecule has 1 aliphatic rings. The van der Waals surface area contributed by atoms with Gasteiger partial charge in [0.25, 0.3) is 0 Å². The second-order valence-electron chi connectivity index (χ2n) is 4.00. The average Bonchev–Trinajstić information content (AvgIpc) is 2.39. The first-order chi connectivity index (χ1) is 7.83. The summed E-state index contributed by atoms with van der Waals surface area (Å²) in [6.07, 6.45) is 9.33. The number of rotatable bonds is 2. The molecule has 80 valence electrons. The summed E-state index contributed by atoms with van der Waals surface area (Å²) in [5.41, 5.74) is 2.49. The van der Waals surface area contributed by atoms with Crippen molar-refractivity contribution in [3.63, 3.8) is 0 Å². The molecule has 0 bridgehead atoms. The zero-order valence-electron chi connectivity index (χ0n) is 9.20. The van der Waals surface area contributed by atoms with Gasteiger partial charge in [-0.1, -0.05) is 36.3 Å². The lowest BCUT2D eigenvalue weighted by Crippen LogP contribution is -2.09. The Morgan fingerprint density at radius 1 is 1.12 bits per heavy atom. The van der Waals surface area contributed by atoms with Crippen molar-refractivity contribution in [1.29, 1.82) is 0 Å². The fourth-order valence-corrected chi connectivity index (χ4v) is 2.08. The molecule has 0 N–H and O–H groups in total. The van der Waals surface area contributed by atoms with E-state index < -0.39 is 0 Å². The van der Waals surface area contributed by atoms with Crippen molar-refractivity contribution in [2.45, 2.75) is 25.7 Å². The van der Waals surface area contributed by atoms with Crippen LogP contribution in [0.15, 0.2) is 41.5 Å². The van der Waals surface area contributed by atoms with E-state index >= 15 is 0 Å². The Labute approximate surface area is 96.2 Å². The van der Waals surface area contributed by atoms with Crippen LogP contribution in [-0.4, -0.2) is 5.78 Å². The number of Topliss-reactive ketones (excluding diaryl/α,β-unsaturated/α-hetero) is 1. The molecule has 1 nitrogen and oxygen atoms in total. The molecule has 0 spiro atoms. The van der Waals surface area contributed by atoms with Gasteiger partial charge in [0.2, 0.25) is 0 Å². The lowest BCUT2D eigenvalue weighted by atomic mass is 9.87. The molecule has 2 rings (SSSR count). The number of carbonyl (C=O) groups excluding carboxylic acids is 1. The summed E-state index contributed by atoms with van der Waals surface area (Å²) in [5.74, 6) is 2.77. The van der Waals surface area contributed by atoms with Gasteiger partial charge in [0.15, 0.2) is 5.78 Å². The zero-order valence-corrected chi connectivity index (χ0v) is 9.20.